The van der Waals surface area contributed by atoms with Gasteiger partial charge in [-0.25, -0.2) is 0 Å². The van der Waals surface area contributed by atoms with E-state index in [0.29, 0.717) is 0 Å². The second-order valence-corrected chi connectivity index (χ2v) is 22.3. The molecule has 0 aromatic heterocycles. The van der Waals surface area contributed by atoms with E-state index in [2.05, 4.69) is 99.9 Å². The molecule has 412 valence electrons. The normalized spacial score (nSPS) is 11.7. The first-order valence-corrected chi connectivity index (χ1v) is 32.4. The zero-order chi connectivity index (χ0) is 52.0. The number of unbranched alkanes of at least 4 members (excludes halogenated alkanes) is 41. The maximum absolute atomic E-state index is 5.33. The molecule has 2 aromatic carbocycles. The van der Waals surface area contributed by atoms with Gasteiger partial charge in [0.15, 0.2) is 0 Å². The molecule has 0 aliphatic carbocycles. The molecule has 0 amide bonds. The van der Waals surface area contributed by atoms with Crippen LogP contribution in [0.15, 0.2) is 58.5 Å². The smallest absolute Gasteiger partial charge is 0.0665 e. The summed E-state index contributed by atoms with van der Waals surface area (Å²) < 4.78 is 0. The Bertz CT molecular complexity index is 1710. The van der Waals surface area contributed by atoms with Gasteiger partial charge in [-0.05, 0) is 81.5 Å². The van der Waals surface area contributed by atoms with Crippen LogP contribution in [0.25, 0.3) is 0 Å². The van der Waals surface area contributed by atoms with Gasteiger partial charge in [-0.2, -0.15) is 0 Å². The van der Waals surface area contributed by atoms with Crippen molar-refractivity contribution < 1.29 is 0 Å². The van der Waals surface area contributed by atoms with Gasteiger partial charge in [-0.3, -0.25) is 9.98 Å². The van der Waals surface area contributed by atoms with Gasteiger partial charge in [-0.15, -0.1) is 23.7 Å². The Morgan fingerprint density at radius 1 is 0.301 bits per heavy atom. The van der Waals surface area contributed by atoms with Crippen molar-refractivity contribution in [2.24, 2.45) is 9.98 Å². The van der Waals surface area contributed by atoms with Crippen LogP contribution in [-0.4, -0.2) is 11.4 Å². The largest absolute Gasteiger partial charge is 0.252 e. The fourth-order valence-corrected chi connectivity index (χ4v) is 10.4. The van der Waals surface area contributed by atoms with E-state index in [4.69, 9.17) is 9.98 Å². The summed E-state index contributed by atoms with van der Waals surface area (Å²) in [5.74, 6) is 13.9. The van der Waals surface area contributed by atoms with E-state index in [-0.39, 0.29) is 0 Å². The zero-order valence-electron chi connectivity index (χ0n) is 49.2. The Morgan fingerprint density at radius 3 is 0.877 bits per heavy atom. The molecule has 0 atom stereocenters. The third kappa shape index (κ3) is 40.8. The fraction of sp³-hybridized carbons (Fsp3) is 0.746. The second kappa shape index (κ2) is 52.3. The highest BCUT2D eigenvalue weighted by Crippen LogP contribution is 2.25. The predicted octanol–water partition coefficient (Wildman–Crippen LogP) is 24.0. The topological polar surface area (TPSA) is 24.7 Å². The number of aryl methyl sites for hydroxylation is 2. The minimum absolute atomic E-state index is 0.947. The van der Waals surface area contributed by atoms with Gasteiger partial charge >= 0.3 is 0 Å². The number of aliphatic imine (C=N–C) groups is 2. The Morgan fingerprint density at radius 2 is 0.562 bits per heavy atom. The molecule has 2 heteroatoms. The quantitative estimate of drug-likeness (QED) is 0.0358. The molecule has 0 saturated carbocycles. The van der Waals surface area contributed by atoms with Crippen LogP contribution in [-0.2, 0) is 12.8 Å². The fourth-order valence-electron chi connectivity index (χ4n) is 10.4. The van der Waals surface area contributed by atoms with Gasteiger partial charge < -0.3 is 0 Å². The van der Waals surface area contributed by atoms with Gasteiger partial charge in [0.25, 0.3) is 0 Å². The standard InChI is InChI=1S/C71H118N2/c1-5-8-11-13-15-17-19-21-23-25-27-29-31-33-35-37-39-41-43-45-47-49-51-53-59-67-61-55-57-64-70(67)72-66(4)69(63-10-7-3)73-71-65-58-56-62-68(71)60-54-52-50-48-46-44-42-40-38-36-34-32-30-28-26-24-22-20-18-16-14-12-9-6-2/h55-58,61-62,64-65H,5-46,51-54,59-60,63H2,1-4H3. The molecular formula is C71H118N2. The van der Waals surface area contributed by atoms with Gasteiger partial charge in [-0.1, -0.05) is 295 Å². The monoisotopic (exact) mass is 999 g/mol. The van der Waals surface area contributed by atoms with Crippen LogP contribution < -0.4 is 0 Å². The number of benzene rings is 2. The Labute approximate surface area is 456 Å². The lowest BCUT2D eigenvalue weighted by molar-refractivity contribution is 0.524. The van der Waals surface area contributed by atoms with E-state index < -0.39 is 0 Å². The molecule has 2 rings (SSSR count). The van der Waals surface area contributed by atoms with E-state index in [1.807, 2.05) is 0 Å². The summed E-state index contributed by atoms with van der Waals surface area (Å²) in [4.78, 5) is 10.6. The van der Waals surface area contributed by atoms with Crippen molar-refractivity contribution in [1.29, 1.82) is 0 Å². The summed E-state index contributed by atoms with van der Waals surface area (Å²) in [6, 6.07) is 17.5. The highest BCUT2D eigenvalue weighted by molar-refractivity contribution is 6.42. The van der Waals surface area contributed by atoms with Crippen LogP contribution in [0, 0.1) is 23.7 Å². The molecule has 0 aliphatic heterocycles. The Hall–Kier alpha value is -3.10. The van der Waals surface area contributed by atoms with Crippen molar-refractivity contribution in [2.45, 2.75) is 342 Å². The van der Waals surface area contributed by atoms with Crippen molar-refractivity contribution in [3.05, 3.63) is 59.7 Å². The number of nitrogens with zero attached hydrogens (tertiary/aromatic N) is 2. The summed E-state index contributed by atoms with van der Waals surface area (Å²) in [7, 11) is 0. The molecule has 0 bridgehead atoms. The number of hydrogen-bond acceptors (Lipinski definition) is 2. The number of hydrogen-bond donors (Lipinski definition) is 0. The van der Waals surface area contributed by atoms with Crippen LogP contribution in [0.3, 0.4) is 0 Å². The minimum atomic E-state index is 0.947. The number of para-hydroxylation sites is 2. The lowest BCUT2D eigenvalue weighted by Gasteiger charge is -2.11. The lowest BCUT2D eigenvalue weighted by atomic mass is 10.0. The Kier molecular flexibility index (Phi) is 47.3. The SMILES string of the molecule is CCCCCCCCCCCCCCCCCCCCCC#CCCCc1ccccc1N=C(C)C(CCCC)=Nc1ccccc1CCCC#CCCCCCCCCCCCCCCCCCCCCC. The van der Waals surface area contributed by atoms with Crippen LogP contribution in [0.4, 0.5) is 11.4 Å². The molecule has 0 aliphatic rings. The average molecular weight is 1000 g/mol. The van der Waals surface area contributed by atoms with Crippen molar-refractivity contribution in [3.63, 3.8) is 0 Å². The Balaban J connectivity index is 1.60. The predicted molar refractivity (Wildman–Crippen MR) is 330 cm³/mol. The van der Waals surface area contributed by atoms with Crippen LogP contribution in [0.1, 0.15) is 341 Å². The summed E-state index contributed by atoms with van der Waals surface area (Å²) in [6.07, 6.45) is 65.5. The molecule has 0 fully saturated rings. The molecule has 0 heterocycles. The highest BCUT2D eigenvalue weighted by atomic mass is 14.8. The second-order valence-electron chi connectivity index (χ2n) is 22.3. The molecule has 0 unspecified atom stereocenters. The first kappa shape index (κ1) is 66.0. The number of rotatable bonds is 50. The summed E-state index contributed by atoms with van der Waals surface area (Å²) in [6.45, 7) is 9.04. The first-order valence-electron chi connectivity index (χ1n) is 32.4. The van der Waals surface area contributed by atoms with Gasteiger partial charge in [0.05, 0.1) is 22.8 Å². The van der Waals surface area contributed by atoms with Crippen molar-refractivity contribution in [1.82, 2.24) is 0 Å². The van der Waals surface area contributed by atoms with Gasteiger partial charge in [0.2, 0.25) is 0 Å². The van der Waals surface area contributed by atoms with Gasteiger partial charge in [0.1, 0.15) is 0 Å². The molecular weight excluding hydrogens is 881 g/mol. The molecule has 0 spiro atoms. The summed E-state index contributed by atoms with van der Waals surface area (Å²) >= 11 is 0. The maximum Gasteiger partial charge on any atom is 0.0665 e. The van der Waals surface area contributed by atoms with E-state index in [0.717, 1.165) is 93.4 Å². The maximum atomic E-state index is 5.33. The summed E-state index contributed by atoms with van der Waals surface area (Å²) in [5, 5.41) is 0. The molecule has 2 nitrogen and oxygen atoms in total. The van der Waals surface area contributed by atoms with Crippen molar-refractivity contribution in [3.8, 4) is 23.7 Å². The summed E-state index contributed by atoms with van der Waals surface area (Å²) in [5.41, 5.74) is 6.96. The van der Waals surface area contributed by atoms with Crippen LogP contribution >= 0.6 is 0 Å². The minimum Gasteiger partial charge on any atom is -0.252 e. The molecule has 73 heavy (non-hydrogen) atoms. The van der Waals surface area contributed by atoms with E-state index in [1.54, 1.807) is 0 Å². The third-order valence-corrected chi connectivity index (χ3v) is 15.3. The molecule has 0 N–H and O–H groups in total. The molecule has 0 saturated heterocycles. The average Bonchev–Trinajstić information content (AvgIpc) is 3.40. The van der Waals surface area contributed by atoms with E-state index >= 15 is 0 Å². The molecule has 0 radical (unpaired) electrons. The van der Waals surface area contributed by atoms with Crippen LogP contribution in [0.2, 0.25) is 0 Å². The van der Waals surface area contributed by atoms with E-state index in [9.17, 15) is 0 Å². The van der Waals surface area contributed by atoms with E-state index in [1.165, 1.54) is 255 Å². The lowest BCUT2D eigenvalue weighted by Crippen LogP contribution is -2.10. The first-order chi connectivity index (χ1) is 36.2. The third-order valence-electron chi connectivity index (χ3n) is 15.3. The van der Waals surface area contributed by atoms with Crippen LogP contribution in [0.5, 0.6) is 0 Å². The van der Waals surface area contributed by atoms with Crippen molar-refractivity contribution in [2.75, 3.05) is 0 Å². The van der Waals surface area contributed by atoms with Crippen molar-refractivity contribution >= 4 is 22.8 Å². The van der Waals surface area contributed by atoms with Gasteiger partial charge in [0, 0.05) is 25.7 Å². The highest BCUT2D eigenvalue weighted by Gasteiger charge is 2.10. The zero-order valence-corrected chi connectivity index (χ0v) is 49.2. The molecule has 2 aromatic rings.